The third kappa shape index (κ3) is 3.01. The number of nitrogens with zero attached hydrogens (tertiary/aromatic N) is 1. The van der Waals surface area contributed by atoms with Crippen molar-refractivity contribution in [3.05, 3.63) is 35.4 Å². The van der Waals surface area contributed by atoms with Gasteiger partial charge in [0.25, 0.3) is 0 Å². The van der Waals surface area contributed by atoms with Crippen LogP contribution >= 0.6 is 0 Å². The maximum atomic E-state index is 6.08. The molecule has 0 spiro atoms. The van der Waals surface area contributed by atoms with Crippen LogP contribution in [0.1, 0.15) is 55.7 Å². The van der Waals surface area contributed by atoms with E-state index in [-0.39, 0.29) is 0 Å². The molecule has 19 heavy (non-hydrogen) atoms. The Bertz CT molecular complexity index is 425. The van der Waals surface area contributed by atoms with Gasteiger partial charge in [-0.05, 0) is 55.2 Å². The van der Waals surface area contributed by atoms with Crippen LogP contribution in [0.3, 0.4) is 0 Å². The van der Waals surface area contributed by atoms with Crippen LogP contribution < -0.4 is 5.73 Å². The van der Waals surface area contributed by atoms with E-state index >= 15 is 0 Å². The number of hydrogen-bond acceptors (Lipinski definition) is 2. The first kappa shape index (κ1) is 13.1. The first-order chi connectivity index (χ1) is 9.28. The summed E-state index contributed by atoms with van der Waals surface area (Å²) in [6, 6.07) is 9.60. The van der Waals surface area contributed by atoms with Crippen LogP contribution in [0.15, 0.2) is 24.3 Å². The summed E-state index contributed by atoms with van der Waals surface area (Å²) >= 11 is 0. The van der Waals surface area contributed by atoms with E-state index in [0.29, 0.717) is 6.04 Å². The minimum Gasteiger partial charge on any atom is -0.329 e. The normalized spacial score (nSPS) is 26.3. The summed E-state index contributed by atoms with van der Waals surface area (Å²) in [6.07, 6.45) is 5.44. The summed E-state index contributed by atoms with van der Waals surface area (Å²) in [4.78, 5) is 2.60. The average Bonchev–Trinajstić information content (AvgIpc) is 3.24. The quantitative estimate of drug-likeness (QED) is 0.898. The van der Waals surface area contributed by atoms with Crippen molar-refractivity contribution >= 4 is 0 Å². The smallest absolute Gasteiger partial charge is 0.0470 e. The van der Waals surface area contributed by atoms with Gasteiger partial charge in [-0.2, -0.15) is 0 Å². The Hall–Kier alpha value is -0.860. The second-order valence-corrected chi connectivity index (χ2v) is 6.44. The molecule has 3 rings (SSSR count). The van der Waals surface area contributed by atoms with Gasteiger partial charge in [-0.3, -0.25) is 4.90 Å². The van der Waals surface area contributed by atoms with Gasteiger partial charge in [-0.1, -0.05) is 31.2 Å². The number of likely N-dealkylation sites (tertiary alicyclic amines) is 1. The second-order valence-electron chi connectivity index (χ2n) is 6.44. The van der Waals surface area contributed by atoms with Crippen molar-refractivity contribution in [2.24, 2.45) is 11.7 Å². The number of hydrogen-bond donors (Lipinski definition) is 1. The molecule has 1 aliphatic heterocycles. The van der Waals surface area contributed by atoms with Crippen molar-refractivity contribution in [3.63, 3.8) is 0 Å². The maximum absolute atomic E-state index is 6.08. The molecule has 1 saturated heterocycles. The number of benzene rings is 1. The molecule has 2 heteroatoms. The molecule has 2 atom stereocenters. The monoisotopic (exact) mass is 258 g/mol. The second kappa shape index (κ2) is 5.64. The molecule has 2 N–H and O–H groups in total. The van der Waals surface area contributed by atoms with Crippen molar-refractivity contribution < 1.29 is 0 Å². The zero-order valence-corrected chi connectivity index (χ0v) is 12.0. The molecule has 2 nitrogen and oxygen atoms in total. The first-order valence-corrected chi connectivity index (χ1v) is 7.82. The molecule has 0 amide bonds. The fourth-order valence-corrected chi connectivity index (χ4v) is 3.44. The Balaban J connectivity index is 1.78. The van der Waals surface area contributed by atoms with Crippen molar-refractivity contribution in [1.29, 1.82) is 0 Å². The molecule has 2 aliphatic rings. The van der Waals surface area contributed by atoms with E-state index in [0.717, 1.165) is 18.4 Å². The number of piperidine rings is 1. The minimum atomic E-state index is 0.418. The Morgan fingerprint density at radius 1 is 1.32 bits per heavy atom. The Kier molecular flexibility index (Phi) is 3.90. The maximum Gasteiger partial charge on any atom is 0.0470 e. The molecule has 0 aromatic heterocycles. The predicted molar refractivity (Wildman–Crippen MR) is 80.2 cm³/mol. The van der Waals surface area contributed by atoms with E-state index in [9.17, 15) is 0 Å². The molecular formula is C17H26N2. The van der Waals surface area contributed by atoms with Gasteiger partial charge in [0.05, 0.1) is 0 Å². The fraction of sp³-hybridized carbons (Fsp3) is 0.647. The highest BCUT2D eigenvalue weighted by Gasteiger charge is 2.27. The van der Waals surface area contributed by atoms with Gasteiger partial charge in [0.1, 0.15) is 0 Å². The van der Waals surface area contributed by atoms with Gasteiger partial charge in [0.15, 0.2) is 0 Å². The van der Waals surface area contributed by atoms with Gasteiger partial charge in [-0.15, -0.1) is 0 Å². The topological polar surface area (TPSA) is 29.3 Å². The highest BCUT2D eigenvalue weighted by atomic mass is 15.2. The summed E-state index contributed by atoms with van der Waals surface area (Å²) in [7, 11) is 0. The molecule has 1 heterocycles. The van der Waals surface area contributed by atoms with Crippen molar-refractivity contribution in [3.8, 4) is 0 Å². The first-order valence-electron chi connectivity index (χ1n) is 7.82. The lowest BCUT2D eigenvalue weighted by Gasteiger charge is -2.37. The zero-order valence-electron chi connectivity index (χ0n) is 12.0. The SMILES string of the molecule is CC1CCCN(C(CN)c2cccc(C3CC3)c2)C1. The van der Waals surface area contributed by atoms with Gasteiger partial charge in [0.2, 0.25) is 0 Å². The lowest BCUT2D eigenvalue weighted by Crippen LogP contribution is -2.40. The highest BCUT2D eigenvalue weighted by molar-refractivity contribution is 5.31. The van der Waals surface area contributed by atoms with Crippen LogP contribution in [0.2, 0.25) is 0 Å². The molecule has 1 aliphatic carbocycles. The van der Waals surface area contributed by atoms with E-state index in [1.165, 1.54) is 49.9 Å². The van der Waals surface area contributed by atoms with Crippen LogP contribution in [0.5, 0.6) is 0 Å². The number of rotatable bonds is 4. The summed E-state index contributed by atoms with van der Waals surface area (Å²) in [5.74, 6) is 1.65. The molecule has 2 unspecified atom stereocenters. The van der Waals surface area contributed by atoms with Crippen molar-refractivity contribution in [1.82, 2.24) is 4.90 Å². The minimum absolute atomic E-state index is 0.418. The van der Waals surface area contributed by atoms with Crippen molar-refractivity contribution in [2.45, 2.75) is 44.6 Å². The molecule has 2 fully saturated rings. The van der Waals surface area contributed by atoms with Gasteiger partial charge >= 0.3 is 0 Å². The molecule has 1 aromatic carbocycles. The van der Waals surface area contributed by atoms with Gasteiger partial charge < -0.3 is 5.73 Å². The van der Waals surface area contributed by atoms with Crippen molar-refractivity contribution in [2.75, 3.05) is 19.6 Å². The van der Waals surface area contributed by atoms with E-state index in [2.05, 4.69) is 36.1 Å². The van der Waals surface area contributed by atoms with Crippen LogP contribution in [0, 0.1) is 5.92 Å². The summed E-state index contributed by atoms with van der Waals surface area (Å²) in [6.45, 7) is 5.51. The van der Waals surface area contributed by atoms with Crippen LogP contribution in [-0.4, -0.2) is 24.5 Å². The predicted octanol–water partition coefficient (Wildman–Crippen LogP) is 3.30. The van der Waals surface area contributed by atoms with Crippen LogP contribution in [-0.2, 0) is 0 Å². The molecule has 0 radical (unpaired) electrons. The molecule has 1 saturated carbocycles. The molecule has 0 bridgehead atoms. The molecule has 104 valence electrons. The standard InChI is InChI=1S/C17H26N2/c1-13-4-3-9-19(12-13)17(11-18)16-6-2-5-15(10-16)14-7-8-14/h2,5-6,10,13-14,17H,3-4,7-9,11-12,18H2,1H3. The number of nitrogens with two attached hydrogens (primary N) is 1. The van der Waals surface area contributed by atoms with E-state index in [4.69, 9.17) is 5.73 Å². The van der Waals surface area contributed by atoms with Crippen LogP contribution in [0.4, 0.5) is 0 Å². The summed E-state index contributed by atoms with van der Waals surface area (Å²) in [5, 5.41) is 0. The third-order valence-corrected chi connectivity index (χ3v) is 4.70. The van der Waals surface area contributed by atoms with E-state index in [1.807, 2.05) is 0 Å². The average molecular weight is 258 g/mol. The fourth-order valence-electron chi connectivity index (χ4n) is 3.44. The Morgan fingerprint density at radius 2 is 2.16 bits per heavy atom. The molecule has 1 aromatic rings. The lowest BCUT2D eigenvalue weighted by atomic mass is 9.95. The highest BCUT2D eigenvalue weighted by Crippen LogP contribution is 2.41. The van der Waals surface area contributed by atoms with Crippen LogP contribution in [0.25, 0.3) is 0 Å². The zero-order chi connectivity index (χ0) is 13.2. The van der Waals surface area contributed by atoms with E-state index in [1.54, 1.807) is 0 Å². The molecular weight excluding hydrogens is 232 g/mol. The summed E-state index contributed by atoms with van der Waals surface area (Å²) < 4.78 is 0. The van der Waals surface area contributed by atoms with E-state index < -0.39 is 0 Å². The van der Waals surface area contributed by atoms with Gasteiger partial charge in [0, 0.05) is 19.1 Å². The lowest BCUT2D eigenvalue weighted by molar-refractivity contribution is 0.133. The largest absolute Gasteiger partial charge is 0.329 e. The Morgan fingerprint density at radius 3 is 2.84 bits per heavy atom. The third-order valence-electron chi connectivity index (χ3n) is 4.70. The summed E-state index contributed by atoms with van der Waals surface area (Å²) in [5.41, 5.74) is 9.04. The van der Waals surface area contributed by atoms with Gasteiger partial charge in [-0.25, -0.2) is 0 Å². The Labute approximate surface area is 117 Å².